The van der Waals surface area contributed by atoms with Crippen LogP contribution in [0.2, 0.25) is 0 Å². The van der Waals surface area contributed by atoms with Crippen LogP contribution in [0.4, 0.5) is 5.13 Å². The molecule has 1 saturated heterocycles. The van der Waals surface area contributed by atoms with E-state index < -0.39 is 0 Å². The van der Waals surface area contributed by atoms with Crippen molar-refractivity contribution in [2.45, 2.75) is 45.1 Å². The number of piperidine rings is 1. The Labute approximate surface area is 107 Å². The maximum absolute atomic E-state index is 4.26. The van der Waals surface area contributed by atoms with Crippen LogP contribution in [-0.2, 0) is 5.41 Å². The van der Waals surface area contributed by atoms with Crippen LogP contribution in [0.15, 0.2) is 0 Å². The lowest BCUT2D eigenvalue weighted by atomic mass is 9.98. The van der Waals surface area contributed by atoms with E-state index in [1.54, 1.807) is 11.3 Å². The van der Waals surface area contributed by atoms with E-state index in [4.69, 9.17) is 0 Å². The van der Waals surface area contributed by atoms with Crippen LogP contribution in [-0.4, -0.2) is 41.3 Å². The average Bonchev–Trinajstić information content (AvgIpc) is 2.69. The summed E-state index contributed by atoms with van der Waals surface area (Å²) in [4.78, 5) is 2.37. The molecule has 0 bridgehead atoms. The molecule has 0 unspecified atom stereocenters. The zero-order chi connectivity index (χ0) is 12.5. The second-order valence-electron chi connectivity index (χ2n) is 5.88. The van der Waals surface area contributed by atoms with Gasteiger partial charge in [-0.25, -0.2) is 0 Å². The Bertz CT molecular complexity index is 361. The molecule has 17 heavy (non-hydrogen) atoms. The number of aromatic nitrogens is 2. The Balaban J connectivity index is 1.93. The summed E-state index contributed by atoms with van der Waals surface area (Å²) >= 11 is 1.69. The van der Waals surface area contributed by atoms with Crippen molar-refractivity contribution in [3.63, 3.8) is 0 Å². The average molecular weight is 254 g/mol. The fourth-order valence-corrected chi connectivity index (χ4v) is 2.79. The predicted octanol–water partition coefficient (Wildman–Crippen LogP) is 2.34. The first-order valence-corrected chi connectivity index (χ1v) is 7.06. The monoisotopic (exact) mass is 254 g/mol. The first-order valence-electron chi connectivity index (χ1n) is 6.24. The molecule has 2 heterocycles. The highest BCUT2D eigenvalue weighted by Gasteiger charge is 2.21. The minimum Gasteiger partial charge on any atom is -0.357 e. The third-order valence-electron chi connectivity index (χ3n) is 3.11. The van der Waals surface area contributed by atoms with Gasteiger partial charge in [0.05, 0.1) is 0 Å². The molecule has 0 radical (unpaired) electrons. The maximum Gasteiger partial charge on any atom is 0.205 e. The van der Waals surface area contributed by atoms with Crippen LogP contribution in [0.3, 0.4) is 0 Å². The summed E-state index contributed by atoms with van der Waals surface area (Å²) in [5.74, 6) is 0. The molecule has 4 nitrogen and oxygen atoms in total. The number of rotatable bonds is 2. The van der Waals surface area contributed by atoms with E-state index in [-0.39, 0.29) is 5.41 Å². The van der Waals surface area contributed by atoms with Gasteiger partial charge in [-0.15, -0.1) is 10.2 Å². The summed E-state index contributed by atoms with van der Waals surface area (Å²) in [6.07, 6.45) is 2.39. The summed E-state index contributed by atoms with van der Waals surface area (Å²) in [6.45, 7) is 8.86. The Kier molecular flexibility index (Phi) is 3.68. The Morgan fingerprint density at radius 3 is 2.41 bits per heavy atom. The van der Waals surface area contributed by atoms with Crippen molar-refractivity contribution in [3.8, 4) is 0 Å². The van der Waals surface area contributed by atoms with Crippen molar-refractivity contribution in [2.24, 2.45) is 0 Å². The summed E-state index contributed by atoms with van der Waals surface area (Å²) in [6, 6.07) is 0.562. The second kappa shape index (κ2) is 4.90. The van der Waals surface area contributed by atoms with Crippen LogP contribution in [0.25, 0.3) is 0 Å². The normalized spacial score (nSPS) is 19.5. The SMILES string of the molecule is CN1CCC(Nc2nnc(C(C)(C)C)s2)CC1. The summed E-state index contributed by atoms with van der Waals surface area (Å²) < 4.78 is 0. The third-order valence-corrected chi connectivity index (χ3v) is 4.39. The zero-order valence-corrected chi connectivity index (χ0v) is 12.0. The summed E-state index contributed by atoms with van der Waals surface area (Å²) in [7, 11) is 2.18. The minimum absolute atomic E-state index is 0.102. The highest BCUT2D eigenvalue weighted by Crippen LogP contribution is 2.28. The van der Waals surface area contributed by atoms with Gasteiger partial charge in [-0.1, -0.05) is 32.1 Å². The Morgan fingerprint density at radius 1 is 1.24 bits per heavy atom. The van der Waals surface area contributed by atoms with Crippen LogP contribution >= 0.6 is 11.3 Å². The van der Waals surface area contributed by atoms with Gasteiger partial charge in [0, 0.05) is 11.5 Å². The molecule has 0 amide bonds. The van der Waals surface area contributed by atoms with E-state index in [2.05, 4.69) is 48.2 Å². The molecule has 1 fully saturated rings. The topological polar surface area (TPSA) is 41.0 Å². The van der Waals surface area contributed by atoms with Gasteiger partial charge in [0.2, 0.25) is 5.13 Å². The molecule has 0 aromatic carbocycles. The quantitative estimate of drug-likeness (QED) is 0.879. The van der Waals surface area contributed by atoms with Crippen LogP contribution in [0.1, 0.15) is 38.6 Å². The molecule has 1 aliphatic rings. The van der Waals surface area contributed by atoms with Gasteiger partial charge in [0.15, 0.2) is 0 Å². The van der Waals surface area contributed by atoms with Gasteiger partial charge in [-0.3, -0.25) is 0 Å². The second-order valence-corrected chi connectivity index (χ2v) is 6.86. The van der Waals surface area contributed by atoms with Gasteiger partial charge in [0.25, 0.3) is 0 Å². The van der Waals surface area contributed by atoms with Crippen LogP contribution in [0.5, 0.6) is 0 Å². The lowest BCUT2D eigenvalue weighted by Gasteiger charge is -2.29. The molecule has 0 aliphatic carbocycles. The number of hydrogen-bond donors (Lipinski definition) is 1. The molecule has 1 N–H and O–H groups in total. The van der Waals surface area contributed by atoms with E-state index in [0.29, 0.717) is 6.04 Å². The van der Waals surface area contributed by atoms with Gasteiger partial charge < -0.3 is 10.2 Å². The van der Waals surface area contributed by atoms with Crippen molar-refractivity contribution in [3.05, 3.63) is 5.01 Å². The van der Waals surface area contributed by atoms with E-state index in [0.717, 1.165) is 10.1 Å². The fraction of sp³-hybridized carbons (Fsp3) is 0.833. The highest BCUT2D eigenvalue weighted by molar-refractivity contribution is 7.15. The van der Waals surface area contributed by atoms with Gasteiger partial charge in [-0.2, -0.15) is 0 Å². The van der Waals surface area contributed by atoms with E-state index >= 15 is 0 Å². The lowest BCUT2D eigenvalue weighted by molar-refractivity contribution is 0.264. The highest BCUT2D eigenvalue weighted by atomic mass is 32.1. The van der Waals surface area contributed by atoms with Crippen molar-refractivity contribution in [2.75, 3.05) is 25.5 Å². The molecule has 5 heteroatoms. The molecule has 1 aromatic rings. The van der Waals surface area contributed by atoms with Crippen molar-refractivity contribution in [1.82, 2.24) is 15.1 Å². The largest absolute Gasteiger partial charge is 0.357 e. The Morgan fingerprint density at radius 2 is 1.88 bits per heavy atom. The fourth-order valence-electron chi connectivity index (χ4n) is 1.91. The van der Waals surface area contributed by atoms with Crippen LogP contribution in [0, 0.1) is 0 Å². The van der Waals surface area contributed by atoms with E-state index in [9.17, 15) is 0 Å². The van der Waals surface area contributed by atoms with Gasteiger partial charge in [-0.05, 0) is 33.0 Å². The number of nitrogens with one attached hydrogen (secondary N) is 1. The predicted molar refractivity (Wildman–Crippen MR) is 72.8 cm³/mol. The van der Waals surface area contributed by atoms with Crippen molar-refractivity contribution < 1.29 is 0 Å². The van der Waals surface area contributed by atoms with Crippen molar-refractivity contribution >= 4 is 16.5 Å². The molecular formula is C12H22N4S. The zero-order valence-electron chi connectivity index (χ0n) is 11.2. The molecule has 2 rings (SSSR count). The number of anilines is 1. The van der Waals surface area contributed by atoms with Crippen molar-refractivity contribution in [1.29, 1.82) is 0 Å². The molecule has 1 aliphatic heterocycles. The molecule has 1 aromatic heterocycles. The first-order chi connectivity index (χ1) is 7.95. The van der Waals surface area contributed by atoms with Crippen LogP contribution < -0.4 is 5.32 Å². The smallest absolute Gasteiger partial charge is 0.205 e. The Hall–Kier alpha value is -0.680. The third kappa shape index (κ3) is 3.39. The maximum atomic E-state index is 4.26. The molecule has 96 valence electrons. The summed E-state index contributed by atoms with van der Waals surface area (Å²) in [5, 5.41) is 14.1. The van der Waals surface area contributed by atoms with Gasteiger partial charge in [0.1, 0.15) is 5.01 Å². The standard InChI is InChI=1S/C12H22N4S/c1-12(2,3)10-14-15-11(17-10)13-9-5-7-16(4)8-6-9/h9H,5-8H2,1-4H3,(H,13,15). The van der Waals surface area contributed by atoms with Gasteiger partial charge >= 0.3 is 0 Å². The molecule has 0 atom stereocenters. The minimum atomic E-state index is 0.102. The summed E-state index contributed by atoms with van der Waals surface area (Å²) in [5.41, 5.74) is 0.102. The van der Waals surface area contributed by atoms with E-state index in [1.807, 2.05) is 0 Å². The van der Waals surface area contributed by atoms with E-state index in [1.165, 1.54) is 25.9 Å². The number of nitrogens with zero attached hydrogens (tertiary/aromatic N) is 3. The number of hydrogen-bond acceptors (Lipinski definition) is 5. The number of likely N-dealkylation sites (tertiary alicyclic amines) is 1. The lowest BCUT2D eigenvalue weighted by Crippen LogP contribution is -2.36. The molecule has 0 saturated carbocycles. The first kappa shape index (κ1) is 12.8. The molecule has 0 spiro atoms. The molecular weight excluding hydrogens is 232 g/mol.